The zero-order chi connectivity index (χ0) is 20.6. The third-order valence-corrected chi connectivity index (χ3v) is 4.30. The molecule has 29 heavy (non-hydrogen) atoms. The van der Waals surface area contributed by atoms with Crippen molar-refractivity contribution in [1.29, 1.82) is 5.26 Å². The Labute approximate surface area is 172 Å². The van der Waals surface area contributed by atoms with E-state index in [0.717, 1.165) is 5.56 Å². The van der Waals surface area contributed by atoms with Gasteiger partial charge >= 0.3 is 6.03 Å². The first-order chi connectivity index (χ1) is 14.1. The van der Waals surface area contributed by atoms with E-state index in [1.165, 1.54) is 0 Å². The Morgan fingerprint density at radius 3 is 2.59 bits per heavy atom. The molecule has 2 amide bonds. The molecule has 3 N–H and O–H groups in total. The van der Waals surface area contributed by atoms with Gasteiger partial charge in [-0.15, -0.1) is 0 Å². The van der Waals surface area contributed by atoms with Crippen molar-refractivity contribution in [2.75, 3.05) is 11.9 Å². The molecule has 0 bridgehead atoms. The number of rotatable bonds is 7. The van der Waals surface area contributed by atoms with Gasteiger partial charge in [-0.05, 0) is 42.0 Å². The van der Waals surface area contributed by atoms with Gasteiger partial charge in [0.2, 0.25) is 5.89 Å². The van der Waals surface area contributed by atoms with Gasteiger partial charge in [-0.3, -0.25) is 0 Å². The summed E-state index contributed by atoms with van der Waals surface area (Å²) >= 11 is 5.94. The smallest absolute Gasteiger partial charge is 0.319 e. The molecule has 0 aliphatic heterocycles. The fraction of sp³-hybridized carbons (Fsp3) is 0.200. The van der Waals surface area contributed by atoms with E-state index in [1.54, 1.807) is 36.4 Å². The molecule has 0 saturated carbocycles. The van der Waals surface area contributed by atoms with Gasteiger partial charge < -0.3 is 20.3 Å². The van der Waals surface area contributed by atoms with E-state index in [0.29, 0.717) is 28.5 Å². The van der Waals surface area contributed by atoms with Crippen molar-refractivity contribution in [2.45, 2.75) is 18.9 Å². The van der Waals surface area contributed by atoms with Crippen molar-refractivity contribution in [3.8, 4) is 6.07 Å². The molecular weight excluding hydrogens is 394 g/mol. The number of nitriles is 1. The summed E-state index contributed by atoms with van der Waals surface area (Å²) in [6.07, 6.45) is 0.647. The maximum absolute atomic E-state index is 12.5. The number of aliphatic hydroxyl groups excluding tert-OH is 1. The number of halogens is 1. The molecule has 148 valence electrons. The number of carbonyl (C=O) groups is 1. The number of aromatic nitrogens is 2. The molecular formula is C20H18ClN5O3. The molecule has 9 heteroatoms. The lowest BCUT2D eigenvalue weighted by Gasteiger charge is -2.16. The van der Waals surface area contributed by atoms with Gasteiger partial charge in [0.25, 0.3) is 0 Å². The summed E-state index contributed by atoms with van der Waals surface area (Å²) in [6, 6.07) is 14.7. The van der Waals surface area contributed by atoms with Crippen LogP contribution < -0.4 is 10.6 Å². The van der Waals surface area contributed by atoms with Gasteiger partial charge in [-0.2, -0.15) is 10.2 Å². The molecule has 2 aromatic carbocycles. The van der Waals surface area contributed by atoms with E-state index < -0.39 is 12.1 Å². The van der Waals surface area contributed by atoms with Crippen molar-refractivity contribution in [2.24, 2.45) is 0 Å². The van der Waals surface area contributed by atoms with Crippen molar-refractivity contribution in [1.82, 2.24) is 15.5 Å². The molecule has 3 rings (SSSR count). The average Bonchev–Trinajstić information content (AvgIpc) is 3.19. The van der Waals surface area contributed by atoms with Crippen LogP contribution in [0, 0.1) is 11.3 Å². The highest BCUT2D eigenvalue weighted by Gasteiger charge is 2.21. The van der Waals surface area contributed by atoms with E-state index in [-0.39, 0.29) is 18.9 Å². The Hall–Kier alpha value is -3.41. The quantitative estimate of drug-likeness (QED) is 0.548. The molecule has 3 aromatic rings. The molecule has 0 spiro atoms. The molecule has 1 aromatic heterocycles. The van der Waals surface area contributed by atoms with Gasteiger partial charge in [0.1, 0.15) is 0 Å². The van der Waals surface area contributed by atoms with Crippen LogP contribution in [-0.2, 0) is 12.8 Å². The molecule has 0 saturated heterocycles. The Morgan fingerprint density at radius 2 is 1.93 bits per heavy atom. The first kappa shape index (κ1) is 20.3. The van der Waals surface area contributed by atoms with Crippen LogP contribution >= 0.6 is 11.6 Å². The summed E-state index contributed by atoms with van der Waals surface area (Å²) in [4.78, 5) is 16.7. The fourth-order valence-corrected chi connectivity index (χ4v) is 2.75. The van der Waals surface area contributed by atoms with Crippen LogP contribution in [0.15, 0.2) is 53.1 Å². The molecule has 1 heterocycles. The number of nitrogens with one attached hydrogen (secondary N) is 2. The highest BCUT2D eigenvalue weighted by atomic mass is 35.5. The Balaban J connectivity index is 1.74. The SMILES string of the molecule is N#Cc1ccc(NC(=O)NC(Cc2ccc(Cl)cc2)c2noc(CCO)n2)cc1. The van der Waals surface area contributed by atoms with E-state index in [9.17, 15) is 4.79 Å². The van der Waals surface area contributed by atoms with Crippen LogP contribution in [0.3, 0.4) is 0 Å². The van der Waals surface area contributed by atoms with Gasteiger partial charge in [0.15, 0.2) is 5.82 Å². The number of benzene rings is 2. The average molecular weight is 412 g/mol. The Bertz CT molecular complexity index is 996. The summed E-state index contributed by atoms with van der Waals surface area (Å²) in [5.41, 5.74) is 1.96. The Morgan fingerprint density at radius 1 is 1.21 bits per heavy atom. The molecule has 0 fully saturated rings. The summed E-state index contributed by atoms with van der Waals surface area (Å²) in [6.45, 7) is -0.115. The monoisotopic (exact) mass is 411 g/mol. The largest absolute Gasteiger partial charge is 0.396 e. The maximum Gasteiger partial charge on any atom is 0.319 e. The van der Waals surface area contributed by atoms with Crippen LogP contribution in [0.1, 0.15) is 28.9 Å². The number of aliphatic hydroxyl groups is 1. The van der Waals surface area contributed by atoms with Crippen LogP contribution in [0.25, 0.3) is 0 Å². The number of nitrogens with zero attached hydrogens (tertiary/aromatic N) is 3. The standard InChI is InChI=1S/C20H18ClN5O3/c21-15-5-1-13(2-6-15)11-17(19-25-18(9-10-27)29-26-19)24-20(28)23-16-7-3-14(12-22)4-8-16/h1-8,17,27H,9-11H2,(H2,23,24,28). The fourth-order valence-electron chi connectivity index (χ4n) is 2.62. The maximum atomic E-state index is 12.5. The van der Waals surface area contributed by atoms with Gasteiger partial charge in [-0.1, -0.05) is 28.9 Å². The second-order valence-corrected chi connectivity index (χ2v) is 6.63. The van der Waals surface area contributed by atoms with Crippen molar-refractivity contribution in [3.05, 3.63) is 76.4 Å². The lowest BCUT2D eigenvalue weighted by molar-refractivity contribution is 0.247. The normalized spacial score (nSPS) is 11.5. The minimum atomic E-state index is -0.564. The van der Waals surface area contributed by atoms with Gasteiger partial charge in [0.05, 0.1) is 30.7 Å². The highest BCUT2D eigenvalue weighted by molar-refractivity contribution is 6.30. The second-order valence-electron chi connectivity index (χ2n) is 6.19. The number of anilines is 1. The van der Waals surface area contributed by atoms with E-state index >= 15 is 0 Å². The summed E-state index contributed by atoms with van der Waals surface area (Å²) in [5, 5.41) is 28.0. The lowest BCUT2D eigenvalue weighted by Crippen LogP contribution is -2.34. The molecule has 0 aliphatic carbocycles. The first-order valence-electron chi connectivity index (χ1n) is 8.83. The minimum Gasteiger partial charge on any atom is -0.396 e. The molecule has 1 unspecified atom stereocenters. The van der Waals surface area contributed by atoms with Crippen molar-refractivity contribution < 1.29 is 14.4 Å². The predicted molar refractivity (Wildman–Crippen MR) is 106 cm³/mol. The zero-order valence-electron chi connectivity index (χ0n) is 15.3. The predicted octanol–water partition coefficient (Wildman–Crippen LogP) is 3.23. The van der Waals surface area contributed by atoms with Crippen LogP contribution in [-0.4, -0.2) is 27.9 Å². The van der Waals surface area contributed by atoms with E-state index in [1.807, 2.05) is 18.2 Å². The third-order valence-electron chi connectivity index (χ3n) is 4.05. The van der Waals surface area contributed by atoms with Crippen molar-refractivity contribution >= 4 is 23.3 Å². The van der Waals surface area contributed by atoms with Crippen LogP contribution in [0.4, 0.5) is 10.5 Å². The number of urea groups is 1. The highest BCUT2D eigenvalue weighted by Crippen LogP contribution is 2.19. The van der Waals surface area contributed by atoms with Gasteiger partial charge in [0, 0.05) is 17.1 Å². The molecule has 0 aliphatic rings. The van der Waals surface area contributed by atoms with E-state index in [4.69, 9.17) is 26.5 Å². The summed E-state index contributed by atoms with van der Waals surface area (Å²) in [7, 11) is 0. The second kappa shape index (κ2) is 9.68. The molecule has 0 radical (unpaired) electrons. The van der Waals surface area contributed by atoms with Crippen LogP contribution in [0.5, 0.6) is 0 Å². The van der Waals surface area contributed by atoms with Gasteiger partial charge in [-0.25, -0.2) is 4.79 Å². The summed E-state index contributed by atoms with van der Waals surface area (Å²) in [5.74, 6) is 0.594. The molecule has 8 nitrogen and oxygen atoms in total. The number of amides is 2. The number of hydrogen-bond donors (Lipinski definition) is 3. The lowest BCUT2D eigenvalue weighted by atomic mass is 10.1. The minimum absolute atomic E-state index is 0.115. The number of carbonyl (C=O) groups excluding carboxylic acids is 1. The molecule has 1 atom stereocenters. The zero-order valence-corrected chi connectivity index (χ0v) is 16.1. The van der Waals surface area contributed by atoms with Crippen molar-refractivity contribution in [3.63, 3.8) is 0 Å². The van der Waals surface area contributed by atoms with Crippen LogP contribution in [0.2, 0.25) is 5.02 Å². The number of hydrogen-bond acceptors (Lipinski definition) is 6. The topological polar surface area (TPSA) is 124 Å². The first-order valence-corrected chi connectivity index (χ1v) is 9.20. The Kier molecular flexibility index (Phi) is 6.79. The third kappa shape index (κ3) is 5.78. The van der Waals surface area contributed by atoms with E-state index in [2.05, 4.69) is 20.8 Å². The summed E-state index contributed by atoms with van der Waals surface area (Å²) < 4.78 is 5.12.